The van der Waals surface area contributed by atoms with Crippen LogP contribution in [0.25, 0.3) is 0 Å². The van der Waals surface area contributed by atoms with Crippen molar-refractivity contribution in [3.05, 3.63) is 36.0 Å². The fraction of sp³-hybridized carbons (Fsp3) is 0.273. The highest BCUT2D eigenvalue weighted by Gasteiger charge is 2.09. The number of aldehydes is 2. The van der Waals surface area contributed by atoms with Crippen LogP contribution in [0.4, 0.5) is 0 Å². The third-order valence-corrected chi connectivity index (χ3v) is 1.97. The molecule has 13 heavy (non-hydrogen) atoms. The quantitative estimate of drug-likeness (QED) is 0.484. The maximum absolute atomic E-state index is 10.5. The van der Waals surface area contributed by atoms with Crippen molar-refractivity contribution in [2.24, 2.45) is 11.8 Å². The Hall–Kier alpha value is -1.44. The molecule has 0 bridgehead atoms. The maximum atomic E-state index is 10.5. The van der Waals surface area contributed by atoms with E-state index in [2.05, 4.69) is 0 Å². The lowest BCUT2D eigenvalue weighted by Gasteiger charge is -2.01. The van der Waals surface area contributed by atoms with E-state index in [1.165, 1.54) is 0 Å². The first kappa shape index (κ1) is 9.65. The zero-order chi connectivity index (χ0) is 9.68. The van der Waals surface area contributed by atoms with Crippen LogP contribution in [0.2, 0.25) is 0 Å². The van der Waals surface area contributed by atoms with Crippen molar-refractivity contribution in [1.82, 2.24) is 0 Å². The minimum absolute atomic E-state index is 0.354. The van der Waals surface area contributed by atoms with Crippen LogP contribution in [0, 0.1) is 11.8 Å². The van der Waals surface area contributed by atoms with Crippen LogP contribution in [0.1, 0.15) is 6.92 Å². The number of hydrogen-bond donors (Lipinski definition) is 0. The van der Waals surface area contributed by atoms with Gasteiger partial charge in [0.15, 0.2) is 0 Å². The summed E-state index contributed by atoms with van der Waals surface area (Å²) in [5.41, 5.74) is 0.755. The van der Waals surface area contributed by atoms with Gasteiger partial charge in [0.1, 0.15) is 12.6 Å². The van der Waals surface area contributed by atoms with E-state index in [-0.39, 0.29) is 0 Å². The zero-order valence-corrected chi connectivity index (χ0v) is 7.51. The fourth-order valence-electron chi connectivity index (χ4n) is 1.14. The van der Waals surface area contributed by atoms with E-state index in [1.807, 2.05) is 31.2 Å². The van der Waals surface area contributed by atoms with Crippen molar-refractivity contribution in [3.8, 4) is 0 Å². The van der Waals surface area contributed by atoms with Crippen molar-refractivity contribution in [2.45, 2.75) is 6.92 Å². The highest BCUT2D eigenvalue weighted by Crippen LogP contribution is 2.14. The average molecular weight is 176 g/mol. The molecule has 1 atom stereocenters. The molecule has 68 valence electrons. The van der Waals surface area contributed by atoms with Crippen LogP contribution in [-0.4, -0.2) is 12.6 Å². The summed E-state index contributed by atoms with van der Waals surface area (Å²) in [6, 6.07) is 0. The van der Waals surface area contributed by atoms with Crippen LogP contribution in [-0.2, 0) is 9.59 Å². The molecule has 0 N–H and O–H groups in total. The first-order valence-electron chi connectivity index (χ1n) is 4.25. The van der Waals surface area contributed by atoms with Gasteiger partial charge in [-0.1, -0.05) is 37.3 Å². The molecule has 0 aliphatic heterocycles. The minimum atomic E-state index is -0.619. The molecule has 0 spiro atoms. The van der Waals surface area contributed by atoms with E-state index < -0.39 is 5.92 Å². The van der Waals surface area contributed by atoms with Crippen molar-refractivity contribution in [3.63, 3.8) is 0 Å². The molecule has 0 aromatic heterocycles. The van der Waals surface area contributed by atoms with E-state index in [4.69, 9.17) is 0 Å². The standard InChI is InChI=1S/C11H12O2/c1-9-3-2-4-10(6-5-9)11(7-12)8-13/h2-9,11H,1H3. The Morgan fingerprint density at radius 3 is 2.62 bits per heavy atom. The number of carbonyl (C=O) groups excluding carboxylic acids is 2. The molecule has 1 rings (SSSR count). The highest BCUT2D eigenvalue weighted by molar-refractivity contribution is 5.83. The van der Waals surface area contributed by atoms with Crippen LogP contribution in [0.3, 0.4) is 0 Å². The van der Waals surface area contributed by atoms with Gasteiger partial charge < -0.3 is 9.59 Å². The third-order valence-electron chi connectivity index (χ3n) is 1.97. The second-order valence-electron chi connectivity index (χ2n) is 3.07. The molecule has 0 saturated carbocycles. The van der Waals surface area contributed by atoms with Gasteiger partial charge in [-0.25, -0.2) is 0 Å². The zero-order valence-electron chi connectivity index (χ0n) is 7.51. The normalized spacial score (nSPS) is 21.1. The Kier molecular flexibility index (Phi) is 3.38. The molecule has 0 saturated heterocycles. The van der Waals surface area contributed by atoms with Gasteiger partial charge in [0.05, 0.1) is 5.92 Å². The van der Waals surface area contributed by atoms with Crippen LogP contribution in [0.5, 0.6) is 0 Å². The first-order valence-corrected chi connectivity index (χ1v) is 4.25. The van der Waals surface area contributed by atoms with Gasteiger partial charge in [-0.05, 0) is 11.5 Å². The number of allylic oxidation sites excluding steroid dienone is 6. The Labute approximate surface area is 77.6 Å². The third kappa shape index (κ3) is 2.51. The Balaban J connectivity index is 2.86. The average Bonchev–Trinajstić information content (AvgIpc) is 2.34. The lowest BCUT2D eigenvalue weighted by Crippen LogP contribution is -2.05. The molecule has 0 aromatic carbocycles. The summed E-state index contributed by atoms with van der Waals surface area (Å²) in [5.74, 6) is -0.265. The van der Waals surface area contributed by atoms with Gasteiger partial charge in [-0.15, -0.1) is 0 Å². The van der Waals surface area contributed by atoms with Crippen molar-refractivity contribution in [2.75, 3.05) is 0 Å². The topological polar surface area (TPSA) is 34.1 Å². The molecule has 0 radical (unpaired) electrons. The van der Waals surface area contributed by atoms with E-state index in [9.17, 15) is 9.59 Å². The van der Waals surface area contributed by atoms with Crippen LogP contribution >= 0.6 is 0 Å². The molecule has 0 heterocycles. The maximum Gasteiger partial charge on any atom is 0.134 e. The summed E-state index contributed by atoms with van der Waals surface area (Å²) in [5, 5.41) is 0. The van der Waals surface area contributed by atoms with Gasteiger partial charge >= 0.3 is 0 Å². The Morgan fingerprint density at radius 2 is 2.00 bits per heavy atom. The Morgan fingerprint density at radius 1 is 1.31 bits per heavy atom. The lowest BCUT2D eigenvalue weighted by molar-refractivity contribution is -0.117. The summed E-state index contributed by atoms with van der Waals surface area (Å²) in [6.45, 7) is 2.04. The minimum Gasteiger partial charge on any atom is -0.302 e. The lowest BCUT2D eigenvalue weighted by atomic mass is 10.0. The molecular formula is C11H12O2. The monoisotopic (exact) mass is 176 g/mol. The summed E-state index contributed by atoms with van der Waals surface area (Å²) in [4.78, 5) is 21.0. The summed E-state index contributed by atoms with van der Waals surface area (Å²) >= 11 is 0. The molecule has 1 unspecified atom stereocenters. The van der Waals surface area contributed by atoms with Crippen molar-refractivity contribution in [1.29, 1.82) is 0 Å². The van der Waals surface area contributed by atoms with Gasteiger partial charge in [0.2, 0.25) is 0 Å². The predicted octanol–water partition coefficient (Wildman–Crippen LogP) is 1.69. The SMILES string of the molecule is CC1C=CC=C(C(C=O)C=O)C=C1. The van der Waals surface area contributed by atoms with E-state index in [0.29, 0.717) is 18.5 Å². The Bertz CT molecular complexity index is 276. The highest BCUT2D eigenvalue weighted by atomic mass is 16.1. The molecule has 1 aliphatic carbocycles. The molecule has 1 aliphatic rings. The molecule has 2 nitrogen and oxygen atoms in total. The summed E-state index contributed by atoms with van der Waals surface area (Å²) in [6.07, 6.45) is 10.8. The van der Waals surface area contributed by atoms with E-state index >= 15 is 0 Å². The van der Waals surface area contributed by atoms with E-state index in [0.717, 1.165) is 5.57 Å². The largest absolute Gasteiger partial charge is 0.302 e. The van der Waals surface area contributed by atoms with Crippen LogP contribution in [0.15, 0.2) is 36.0 Å². The summed E-state index contributed by atoms with van der Waals surface area (Å²) in [7, 11) is 0. The first-order chi connectivity index (χ1) is 6.27. The molecule has 0 fully saturated rings. The number of rotatable bonds is 3. The fourth-order valence-corrected chi connectivity index (χ4v) is 1.14. The van der Waals surface area contributed by atoms with Crippen LogP contribution < -0.4 is 0 Å². The van der Waals surface area contributed by atoms with Crippen molar-refractivity contribution >= 4 is 12.6 Å². The van der Waals surface area contributed by atoms with E-state index in [1.54, 1.807) is 6.08 Å². The molecular weight excluding hydrogens is 164 g/mol. The van der Waals surface area contributed by atoms with Gasteiger partial charge in [-0.2, -0.15) is 0 Å². The van der Waals surface area contributed by atoms with Gasteiger partial charge in [0.25, 0.3) is 0 Å². The number of hydrogen-bond acceptors (Lipinski definition) is 2. The second-order valence-corrected chi connectivity index (χ2v) is 3.07. The second kappa shape index (κ2) is 4.55. The van der Waals surface area contributed by atoms with Gasteiger partial charge in [-0.3, -0.25) is 0 Å². The van der Waals surface area contributed by atoms with Crippen molar-refractivity contribution < 1.29 is 9.59 Å². The predicted molar refractivity (Wildman–Crippen MR) is 51.1 cm³/mol. The number of carbonyl (C=O) groups is 2. The smallest absolute Gasteiger partial charge is 0.134 e. The van der Waals surface area contributed by atoms with Gasteiger partial charge in [0, 0.05) is 0 Å². The molecule has 0 amide bonds. The molecule has 0 aromatic rings. The summed E-state index contributed by atoms with van der Waals surface area (Å²) < 4.78 is 0. The molecule has 2 heteroatoms.